The molecule has 0 spiro atoms. The van der Waals surface area contributed by atoms with E-state index in [0.29, 0.717) is 25.6 Å². The molecule has 0 amide bonds. The maximum absolute atomic E-state index is 11.5. The standard InChI is InChI=1S/C16H28N4O2S/c1-5-20(23(4,21)22)13-9-12-18-16(17-3)19-14(2)15-10-7-6-8-11-15/h6-8,10-11,14H,5,9,12-13H2,1-4H3,(H2,17,18,19). The van der Waals surface area contributed by atoms with Crippen molar-refractivity contribution in [3.63, 3.8) is 0 Å². The molecule has 0 saturated heterocycles. The van der Waals surface area contributed by atoms with Gasteiger partial charge in [-0.15, -0.1) is 0 Å². The average Bonchev–Trinajstić information content (AvgIpc) is 2.53. The molecular weight excluding hydrogens is 312 g/mol. The Morgan fingerprint density at radius 3 is 2.48 bits per heavy atom. The Bertz CT molecular complexity index is 587. The molecule has 23 heavy (non-hydrogen) atoms. The first-order chi connectivity index (χ1) is 10.9. The highest BCUT2D eigenvalue weighted by Crippen LogP contribution is 2.10. The number of nitrogens with one attached hydrogen (secondary N) is 2. The number of hydrogen-bond donors (Lipinski definition) is 2. The molecule has 0 radical (unpaired) electrons. The number of rotatable bonds is 8. The fraction of sp³-hybridized carbons (Fsp3) is 0.562. The molecule has 1 unspecified atom stereocenters. The number of aliphatic imine (C=N–C) groups is 1. The van der Waals surface area contributed by atoms with Gasteiger partial charge in [0.25, 0.3) is 0 Å². The Hall–Kier alpha value is -1.60. The van der Waals surface area contributed by atoms with E-state index in [2.05, 4.69) is 34.7 Å². The van der Waals surface area contributed by atoms with Crippen molar-refractivity contribution in [2.75, 3.05) is 32.9 Å². The van der Waals surface area contributed by atoms with Crippen LogP contribution in [0.5, 0.6) is 0 Å². The highest BCUT2D eigenvalue weighted by Gasteiger charge is 2.13. The average molecular weight is 340 g/mol. The first-order valence-electron chi connectivity index (χ1n) is 7.85. The molecule has 1 rings (SSSR count). The largest absolute Gasteiger partial charge is 0.356 e. The van der Waals surface area contributed by atoms with E-state index >= 15 is 0 Å². The lowest BCUT2D eigenvalue weighted by Crippen LogP contribution is -2.40. The molecule has 0 aromatic heterocycles. The summed E-state index contributed by atoms with van der Waals surface area (Å²) in [6.45, 7) is 5.58. The lowest BCUT2D eigenvalue weighted by molar-refractivity contribution is 0.424. The number of benzene rings is 1. The molecule has 0 heterocycles. The van der Waals surface area contributed by atoms with Crippen LogP contribution in [0.15, 0.2) is 35.3 Å². The third-order valence-corrected chi connectivity index (χ3v) is 4.95. The maximum atomic E-state index is 11.5. The van der Waals surface area contributed by atoms with Crippen molar-refractivity contribution < 1.29 is 8.42 Å². The molecule has 6 nitrogen and oxygen atoms in total. The zero-order valence-electron chi connectivity index (χ0n) is 14.4. The van der Waals surface area contributed by atoms with Gasteiger partial charge < -0.3 is 10.6 Å². The van der Waals surface area contributed by atoms with Crippen molar-refractivity contribution in [2.24, 2.45) is 4.99 Å². The van der Waals surface area contributed by atoms with Crippen molar-refractivity contribution in [2.45, 2.75) is 26.3 Å². The van der Waals surface area contributed by atoms with Crippen LogP contribution < -0.4 is 10.6 Å². The smallest absolute Gasteiger partial charge is 0.211 e. The van der Waals surface area contributed by atoms with Gasteiger partial charge in [0.15, 0.2) is 5.96 Å². The highest BCUT2D eigenvalue weighted by molar-refractivity contribution is 7.88. The summed E-state index contributed by atoms with van der Waals surface area (Å²) in [6, 6.07) is 10.3. The third-order valence-electron chi connectivity index (χ3n) is 3.57. The summed E-state index contributed by atoms with van der Waals surface area (Å²) >= 11 is 0. The topological polar surface area (TPSA) is 73.8 Å². The SMILES string of the molecule is CCN(CCCNC(=NC)NC(C)c1ccccc1)S(C)(=O)=O. The van der Waals surface area contributed by atoms with Crippen molar-refractivity contribution >= 4 is 16.0 Å². The van der Waals surface area contributed by atoms with E-state index in [1.165, 1.54) is 16.1 Å². The quantitative estimate of drug-likeness (QED) is 0.428. The number of hydrogen-bond acceptors (Lipinski definition) is 3. The van der Waals surface area contributed by atoms with Crippen LogP contribution in [-0.4, -0.2) is 51.6 Å². The fourth-order valence-electron chi connectivity index (χ4n) is 2.25. The lowest BCUT2D eigenvalue weighted by atomic mass is 10.1. The summed E-state index contributed by atoms with van der Waals surface area (Å²) in [5.41, 5.74) is 1.18. The summed E-state index contributed by atoms with van der Waals surface area (Å²) in [7, 11) is -1.39. The highest BCUT2D eigenvalue weighted by atomic mass is 32.2. The molecular formula is C16H28N4O2S. The van der Waals surface area contributed by atoms with Crippen LogP contribution in [0.3, 0.4) is 0 Å². The van der Waals surface area contributed by atoms with Gasteiger partial charge in [-0.1, -0.05) is 37.3 Å². The minimum atomic E-state index is -3.12. The molecule has 130 valence electrons. The van der Waals surface area contributed by atoms with E-state index in [0.717, 1.165) is 6.42 Å². The maximum Gasteiger partial charge on any atom is 0.211 e. The van der Waals surface area contributed by atoms with E-state index in [9.17, 15) is 8.42 Å². The molecule has 0 saturated carbocycles. The molecule has 7 heteroatoms. The van der Waals surface area contributed by atoms with Gasteiger partial charge in [-0.2, -0.15) is 0 Å². The zero-order chi connectivity index (χ0) is 17.3. The van der Waals surface area contributed by atoms with Crippen molar-refractivity contribution in [3.8, 4) is 0 Å². The first kappa shape index (κ1) is 19.4. The fourth-order valence-corrected chi connectivity index (χ4v) is 3.18. The van der Waals surface area contributed by atoms with Crippen LogP contribution in [0.25, 0.3) is 0 Å². The summed E-state index contributed by atoms with van der Waals surface area (Å²) in [5, 5.41) is 6.54. The van der Waals surface area contributed by atoms with Crippen molar-refractivity contribution in [1.82, 2.24) is 14.9 Å². The molecule has 0 aliphatic carbocycles. The minimum Gasteiger partial charge on any atom is -0.356 e. The third kappa shape index (κ3) is 7.00. The Morgan fingerprint density at radius 2 is 1.96 bits per heavy atom. The van der Waals surface area contributed by atoms with Crippen LogP contribution in [0.2, 0.25) is 0 Å². The zero-order valence-corrected chi connectivity index (χ0v) is 15.2. The minimum absolute atomic E-state index is 0.144. The van der Waals surface area contributed by atoms with Gasteiger partial charge >= 0.3 is 0 Å². The molecule has 1 aromatic carbocycles. The Kier molecular flexibility index (Phi) is 8.05. The monoisotopic (exact) mass is 340 g/mol. The van der Waals surface area contributed by atoms with Crippen molar-refractivity contribution in [3.05, 3.63) is 35.9 Å². The predicted octanol–water partition coefficient (Wildman–Crippen LogP) is 1.58. The van der Waals surface area contributed by atoms with Gasteiger partial charge in [0.1, 0.15) is 0 Å². The second-order valence-corrected chi connectivity index (χ2v) is 7.37. The van der Waals surface area contributed by atoms with Gasteiger partial charge in [0.05, 0.1) is 12.3 Å². The summed E-state index contributed by atoms with van der Waals surface area (Å²) in [5.74, 6) is 0.712. The molecule has 0 aliphatic rings. The van der Waals surface area contributed by atoms with Crippen LogP contribution >= 0.6 is 0 Å². The normalized spacial score (nSPS) is 13.9. The van der Waals surface area contributed by atoms with Crippen LogP contribution in [0.1, 0.15) is 31.9 Å². The van der Waals surface area contributed by atoms with Gasteiger partial charge in [-0.05, 0) is 18.9 Å². The van der Waals surface area contributed by atoms with E-state index in [4.69, 9.17) is 0 Å². The Balaban J connectivity index is 2.40. The van der Waals surface area contributed by atoms with Gasteiger partial charge in [0, 0.05) is 26.7 Å². The predicted molar refractivity (Wildman–Crippen MR) is 96.1 cm³/mol. The molecule has 0 aliphatic heterocycles. The summed E-state index contributed by atoms with van der Waals surface area (Å²) in [6.07, 6.45) is 1.97. The second-order valence-electron chi connectivity index (χ2n) is 5.38. The number of nitrogens with zero attached hydrogens (tertiary/aromatic N) is 2. The molecule has 1 atom stereocenters. The second kappa shape index (κ2) is 9.52. The molecule has 0 bridgehead atoms. The van der Waals surface area contributed by atoms with Crippen LogP contribution in [-0.2, 0) is 10.0 Å². The van der Waals surface area contributed by atoms with E-state index in [-0.39, 0.29) is 6.04 Å². The van der Waals surface area contributed by atoms with E-state index in [1.54, 1.807) is 7.05 Å². The molecule has 0 fully saturated rings. The van der Waals surface area contributed by atoms with Gasteiger partial charge in [0.2, 0.25) is 10.0 Å². The summed E-state index contributed by atoms with van der Waals surface area (Å²) < 4.78 is 24.5. The Morgan fingerprint density at radius 1 is 1.30 bits per heavy atom. The first-order valence-corrected chi connectivity index (χ1v) is 9.70. The van der Waals surface area contributed by atoms with Crippen LogP contribution in [0.4, 0.5) is 0 Å². The number of sulfonamides is 1. The summed E-state index contributed by atoms with van der Waals surface area (Å²) in [4.78, 5) is 4.20. The number of guanidine groups is 1. The lowest BCUT2D eigenvalue weighted by Gasteiger charge is -2.20. The van der Waals surface area contributed by atoms with Crippen LogP contribution in [0, 0.1) is 0 Å². The van der Waals surface area contributed by atoms with Gasteiger partial charge in [-0.3, -0.25) is 4.99 Å². The Labute approximate surface area is 140 Å². The van der Waals surface area contributed by atoms with E-state index < -0.39 is 10.0 Å². The van der Waals surface area contributed by atoms with Gasteiger partial charge in [-0.25, -0.2) is 12.7 Å². The van der Waals surface area contributed by atoms with Crippen molar-refractivity contribution in [1.29, 1.82) is 0 Å². The molecule has 2 N–H and O–H groups in total. The van der Waals surface area contributed by atoms with E-state index in [1.807, 2.05) is 25.1 Å². The molecule has 1 aromatic rings.